The lowest BCUT2D eigenvalue weighted by Crippen LogP contribution is -2.45. The summed E-state index contributed by atoms with van der Waals surface area (Å²) in [4.78, 5) is 15.7. The summed E-state index contributed by atoms with van der Waals surface area (Å²) in [6.45, 7) is 0. The van der Waals surface area contributed by atoms with Gasteiger partial charge in [-0.05, 0) is 47.2 Å². The van der Waals surface area contributed by atoms with Crippen LogP contribution in [-0.2, 0) is 16.8 Å². The molecule has 1 saturated heterocycles. The zero-order chi connectivity index (χ0) is 20.0. The average molecular weight is 446 g/mol. The Balaban J connectivity index is 1.64. The number of halogens is 1. The summed E-state index contributed by atoms with van der Waals surface area (Å²) in [5.74, 6) is 0.0594. The molecule has 0 saturated carbocycles. The molecule has 0 radical (unpaired) electrons. The first-order chi connectivity index (χ1) is 14.1. The van der Waals surface area contributed by atoms with Gasteiger partial charge in [-0.25, -0.2) is 0 Å². The number of hydrogen-bond donors (Lipinski definition) is 2. The van der Waals surface area contributed by atoms with Crippen LogP contribution >= 0.6 is 15.9 Å². The van der Waals surface area contributed by atoms with Crippen molar-refractivity contribution in [3.05, 3.63) is 106 Å². The summed E-state index contributed by atoms with van der Waals surface area (Å²) in [7, 11) is 0. The second-order valence-corrected chi connectivity index (χ2v) is 8.44. The van der Waals surface area contributed by atoms with Crippen LogP contribution in [0.2, 0.25) is 0 Å². The van der Waals surface area contributed by atoms with Crippen molar-refractivity contribution in [2.24, 2.45) is 0 Å². The molecule has 0 bridgehead atoms. The topological polar surface area (TPSA) is 56.2 Å². The summed E-state index contributed by atoms with van der Waals surface area (Å²) >= 11 is 3.54. The smallest absolute Gasteiger partial charge is 0.265 e. The van der Waals surface area contributed by atoms with Crippen LogP contribution in [0.15, 0.2) is 83.3 Å². The van der Waals surface area contributed by atoms with Crippen molar-refractivity contribution >= 4 is 27.8 Å². The standard InChI is InChI=1S/C24H20BrN3O/c25-19-12-13-20-16(15-19)11-14-21(20)28-22(29)24(27-23(28)26,17-7-3-1-4-8-17)18-9-5-2-6-10-18/h1-10,12-13,15,21H,11,14H2,(H2,26,27). The fourth-order valence-electron chi connectivity index (χ4n) is 4.64. The molecule has 0 spiro atoms. The number of nitrogens with one attached hydrogen (secondary N) is 2. The van der Waals surface area contributed by atoms with Crippen molar-refractivity contribution in [2.75, 3.05) is 0 Å². The largest absolute Gasteiger partial charge is 0.334 e. The molecule has 0 aromatic heterocycles. The van der Waals surface area contributed by atoms with Crippen molar-refractivity contribution in [1.29, 1.82) is 5.41 Å². The van der Waals surface area contributed by atoms with Gasteiger partial charge in [0.15, 0.2) is 11.5 Å². The van der Waals surface area contributed by atoms with Crippen molar-refractivity contribution in [3.63, 3.8) is 0 Å². The SMILES string of the molecule is N=C1NC(c2ccccc2)(c2ccccc2)C(=O)N1C1CCc2cc(Br)ccc21. The number of amides is 1. The maximum Gasteiger partial charge on any atom is 0.265 e. The fourth-order valence-corrected chi connectivity index (χ4v) is 5.05. The fraction of sp³-hybridized carbons (Fsp3) is 0.167. The number of hydrogen-bond acceptors (Lipinski definition) is 2. The van der Waals surface area contributed by atoms with Gasteiger partial charge in [0.25, 0.3) is 5.91 Å². The second-order valence-electron chi connectivity index (χ2n) is 7.53. The predicted molar refractivity (Wildman–Crippen MR) is 117 cm³/mol. The average Bonchev–Trinajstić information content (AvgIpc) is 3.27. The van der Waals surface area contributed by atoms with Gasteiger partial charge in [0, 0.05) is 4.47 Å². The Morgan fingerprint density at radius 3 is 2.21 bits per heavy atom. The summed E-state index contributed by atoms with van der Waals surface area (Å²) in [6, 6.07) is 25.5. The third-order valence-electron chi connectivity index (χ3n) is 5.96. The number of rotatable bonds is 3. The Morgan fingerprint density at radius 2 is 1.59 bits per heavy atom. The zero-order valence-electron chi connectivity index (χ0n) is 15.7. The Bertz CT molecular complexity index is 1060. The number of benzene rings is 3. The third kappa shape index (κ3) is 2.72. The molecule has 2 aliphatic rings. The minimum Gasteiger partial charge on any atom is -0.334 e. The molecule has 1 amide bonds. The molecular formula is C24H20BrN3O. The Kier molecular flexibility index (Phi) is 4.28. The van der Waals surface area contributed by atoms with E-state index in [0.29, 0.717) is 0 Å². The number of carbonyl (C=O) groups is 1. The number of aryl methyl sites for hydroxylation is 1. The van der Waals surface area contributed by atoms with Gasteiger partial charge in [-0.15, -0.1) is 0 Å². The maximum atomic E-state index is 14.0. The van der Waals surface area contributed by atoms with E-state index in [0.717, 1.165) is 34.0 Å². The quantitative estimate of drug-likeness (QED) is 0.611. The second kappa shape index (κ2) is 6.85. The minimum absolute atomic E-state index is 0.0966. The third-order valence-corrected chi connectivity index (χ3v) is 6.46. The molecule has 1 aliphatic heterocycles. The molecule has 29 heavy (non-hydrogen) atoms. The van der Waals surface area contributed by atoms with Crippen LogP contribution in [0.25, 0.3) is 0 Å². The molecule has 1 aliphatic carbocycles. The van der Waals surface area contributed by atoms with Gasteiger partial charge in [0.05, 0.1) is 6.04 Å². The van der Waals surface area contributed by atoms with Gasteiger partial charge in [-0.1, -0.05) is 82.7 Å². The summed E-state index contributed by atoms with van der Waals surface area (Å²) in [5.41, 5.74) is 2.97. The van der Waals surface area contributed by atoms with Crippen LogP contribution < -0.4 is 5.32 Å². The van der Waals surface area contributed by atoms with E-state index in [-0.39, 0.29) is 17.9 Å². The van der Waals surface area contributed by atoms with Crippen LogP contribution in [0.1, 0.15) is 34.7 Å². The van der Waals surface area contributed by atoms with Crippen molar-refractivity contribution < 1.29 is 4.79 Å². The molecule has 1 fully saturated rings. The van der Waals surface area contributed by atoms with Crippen LogP contribution in [0, 0.1) is 5.41 Å². The molecule has 1 heterocycles. The Morgan fingerprint density at radius 1 is 0.966 bits per heavy atom. The Hall–Kier alpha value is -2.92. The molecule has 5 rings (SSSR count). The maximum absolute atomic E-state index is 14.0. The lowest BCUT2D eigenvalue weighted by atomic mass is 9.82. The molecule has 4 nitrogen and oxygen atoms in total. The van der Waals surface area contributed by atoms with Crippen molar-refractivity contribution in [3.8, 4) is 0 Å². The summed E-state index contributed by atoms with van der Waals surface area (Å²) in [6.07, 6.45) is 1.72. The van der Waals surface area contributed by atoms with Gasteiger partial charge < -0.3 is 5.32 Å². The highest BCUT2D eigenvalue weighted by Gasteiger charge is 2.54. The lowest BCUT2D eigenvalue weighted by molar-refractivity contribution is -0.131. The molecular weight excluding hydrogens is 426 g/mol. The van der Waals surface area contributed by atoms with Crippen LogP contribution in [0.5, 0.6) is 0 Å². The van der Waals surface area contributed by atoms with E-state index in [9.17, 15) is 4.79 Å². The van der Waals surface area contributed by atoms with Gasteiger partial charge in [-0.3, -0.25) is 15.1 Å². The first-order valence-electron chi connectivity index (χ1n) is 9.71. The first-order valence-corrected chi connectivity index (χ1v) is 10.5. The van der Waals surface area contributed by atoms with E-state index >= 15 is 0 Å². The van der Waals surface area contributed by atoms with E-state index < -0.39 is 5.54 Å². The lowest BCUT2D eigenvalue weighted by Gasteiger charge is -2.29. The molecule has 3 aromatic rings. The number of fused-ring (bicyclic) bond motifs is 1. The molecule has 2 N–H and O–H groups in total. The number of nitrogens with zero attached hydrogens (tertiary/aromatic N) is 1. The van der Waals surface area contributed by atoms with Gasteiger partial charge in [0.1, 0.15) is 0 Å². The van der Waals surface area contributed by atoms with E-state index in [4.69, 9.17) is 5.41 Å². The first kappa shape index (κ1) is 18.1. The molecule has 3 aromatic carbocycles. The summed E-state index contributed by atoms with van der Waals surface area (Å²) in [5, 5.41) is 12.0. The predicted octanol–water partition coefficient (Wildman–Crippen LogP) is 4.75. The molecule has 1 unspecified atom stereocenters. The van der Waals surface area contributed by atoms with Crippen LogP contribution in [-0.4, -0.2) is 16.8 Å². The molecule has 144 valence electrons. The van der Waals surface area contributed by atoms with E-state index in [1.54, 1.807) is 4.90 Å². The van der Waals surface area contributed by atoms with Crippen LogP contribution in [0.3, 0.4) is 0 Å². The van der Waals surface area contributed by atoms with Gasteiger partial charge >= 0.3 is 0 Å². The van der Waals surface area contributed by atoms with Crippen molar-refractivity contribution in [2.45, 2.75) is 24.4 Å². The zero-order valence-corrected chi connectivity index (χ0v) is 17.3. The summed E-state index contributed by atoms with van der Waals surface area (Å²) < 4.78 is 1.04. The molecule has 1 atom stereocenters. The minimum atomic E-state index is -1.09. The van der Waals surface area contributed by atoms with Gasteiger partial charge in [0.2, 0.25) is 0 Å². The highest BCUT2D eigenvalue weighted by Crippen LogP contribution is 2.43. The van der Waals surface area contributed by atoms with E-state index in [1.165, 1.54) is 5.56 Å². The van der Waals surface area contributed by atoms with Crippen LogP contribution in [0.4, 0.5) is 0 Å². The number of guanidine groups is 1. The Labute approximate surface area is 178 Å². The van der Waals surface area contributed by atoms with E-state index in [2.05, 4.69) is 33.4 Å². The van der Waals surface area contributed by atoms with Gasteiger partial charge in [-0.2, -0.15) is 0 Å². The van der Waals surface area contributed by atoms with Crippen molar-refractivity contribution in [1.82, 2.24) is 10.2 Å². The monoisotopic (exact) mass is 445 g/mol. The highest BCUT2D eigenvalue weighted by molar-refractivity contribution is 9.10. The normalized spacial score (nSPS) is 19.9. The highest BCUT2D eigenvalue weighted by atomic mass is 79.9. The van der Waals surface area contributed by atoms with E-state index in [1.807, 2.05) is 66.7 Å². The number of carbonyl (C=O) groups excluding carboxylic acids is 1. The molecule has 5 heteroatoms.